The number of hydrogen-bond acceptors (Lipinski definition) is 13. The summed E-state index contributed by atoms with van der Waals surface area (Å²) < 4.78 is 47.2. The summed E-state index contributed by atoms with van der Waals surface area (Å²) in [6.45, 7) is 19.1. The molecule has 3 aromatic rings. The molecule has 1 aliphatic heterocycles. The van der Waals surface area contributed by atoms with Crippen molar-refractivity contribution in [3.63, 3.8) is 0 Å². The molecule has 17 heteroatoms. The first-order chi connectivity index (χ1) is 27.2. The Labute approximate surface area is 352 Å². The second kappa shape index (κ2) is 18.7. The molecule has 4 atom stereocenters. The molecule has 0 saturated carbocycles. The van der Waals surface area contributed by atoms with E-state index >= 15 is 0 Å². The number of benzene rings is 3. The van der Waals surface area contributed by atoms with Gasteiger partial charge in [-0.25, -0.2) is 0 Å². The fourth-order valence-corrected chi connectivity index (χ4v) is 28.8. The van der Waals surface area contributed by atoms with Crippen LogP contribution in [0.2, 0.25) is 38.3 Å². The normalized spacial score (nSPS) is 24.1. The SMILES string of the molecule is CCC[Si]1(C)O[Si](C)(CCCOc2ccc(C(=O)C(C)(C)O)cc2)O[Si](C)(COc2ccc(C(=O)C(C)(C)O)cc2)O[Si](C)(COc2ccc(C(=O)C(C)(C)O)cc2)O1. The fraction of sp³-hybridized carbons (Fsp3) is 0.500. The first-order valence-corrected chi connectivity index (χ1v) is 30.1. The third-order valence-corrected chi connectivity index (χ3v) is 27.3. The number of rotatable bonds is 19. The molecule has 59 heavy (non-hydrogen) atoms. The van der Waals surface area contributed by atoms with E-state index < -0.39 is 62.6 Å². The Morgan fingerprint density at radius 2 is 0.780 bits per heavy atom. The van der Waals surface area contributed by atoms with Crippen LogP contribution in [0.5, 0.6) is 17.2 Å². The van der Waals surface area contributed by atoms with Crippen molar-refractivity contribution >= 4 is 51.6 Å². The van der Waals surface area contributed by atoms with Crippen LogP contribution in [0.25, 0.3) is 0 Å². The van der Waals surface area contributed by atoms with Gasteiger partial charge in [-0.1, -0.05) is 13.3 Å². The predicted octanol–water partition coefficient (Wildman–Crippen LogP) is 7.33. The molecular weight excluding hydrogens is 825 g/mol. The van der Waals surface area contributed by atoms with Crippen LogP contribution in [0, 0.1) is 0 Å². The molecule has 1 aliphatic rings. The fourth-order valence-electron chi connectivity index (χ4n) is 6.87. The van der Waals surface area contributed by atoms with E-state index in [1.807, 2.05) is 26.2 Å². The van der Waals surface area contributed by atoms with Gasteiger partial charge in [-0.2, -0.15) is 0 Å². The lowest BCUT2D eigenvalue weighted by atomic mass is 9.97. The van der Waals surface area contributed by atoms with E-state index in [2.05, 4.69) is 6.92 Å². The van der Waals surface area contributed by atoms with Crippen LogP contribution in [0.4, 0.5) is 0 Å². The summed E-state index contributed by atoms with van der Waals surface area (Å²) in [5.41, 5.74) is -3.40. The van der Waals surface area contributed by atoms with Crippen LogP contribution in [-0.2, 0) is 16.5 Å². The minimum atomic E-state index is -3.34. The minimum absolute atomic E-state index is 0.0652. The highest BCUT2D eigenvalue weighted by atomic mass is 28.5. The van der Waals surface area contributed by atoms with Gasteiger partial charge >= 0.3 is 34.2 Å². The van der Waals surface area contributed by atoms with Crippen LogP contribution in [0.15, 0.2) is 72.8 Å². The molecule has 13 nitrogen and oxygen atoms in total. The van der Waals surface area contributed by atoms with Crippen molar-refractivity contribution < 1.29 is 60.4 Å². The summed E-state index contributed by atoms with van der Waals surface area (Å²) in [5, 5.41) is 30.5. The Morgan fingerprint density at radius 1 is 0.492 bits per heavy atom. The highest BCUT2D eigenvalue weighted by Crippen LogP contribution is 2.36. The first-order valence-electron chi connectivity index (χ1n) is 20.0. The quantitative estimate of drug-likeness (QED) is 0.0620. The number of ketones is 3. The Kier molecular flexibility index (Phi) is 15.3. The van der Waals surface area contributed by atoms with Crippen LogP contribution in [-0.4, -0.2) is 103 Å². The van der Waals surface area contributed by atoms with Crippen LogP contribution >= 0.6 is 0 Å². The molecule has 0 aliphatic carbocycles. The van der Waals surface area contributed by atoms with Gasteiger partial charge in [0.05, 0.1) is 6.61 Å². The lowest BCUT2D eigenvalue weighted by Gasteiger charge is -2.49. The van der Waals surface area contributed by atoms with Crippen molar-refractivity contribution in [2.75, 3.05) is 19.1 Å². The lowest BCUT2D eigenvalue weighted by Crippen LogP contribution is -2.70. The van der Waals surface area contributed by atoms with E-state index in [0.717, 1.165) is 6.42 Å². The molecular formula is C42H62O13Si4. The average Bonchev–Trinajstić information content (AvgIpc) is 3.13. The van der Waals surface area contributed by atoms with E-state index in [1.165, 1.54) is 41.5 Å². The third kappa shape index (κ3) is 13.8. The Balaban J connectivity index is 1.57. The van der Waals surface area contributed by atoms with E-state index in [0.29, 0.717) is 59.1 Å². The van der Waals surface area contributed by atoms with E-state index in [1.54, 1.807) is 72.8 Å². The zero-order chi connectivity index (χ0) is 44.1. The standard InChI is InChI=1S/C42H62O13Si4/c1-12-27-56(8)52-57(9,28-13-26-49-34-20-14-31(15-21-34)37(43)40(2,3)46)54-59(11,30-51-36-24-18-33(19-25-36)39(45)42(6,7)48)55-58(10,53-56)29-50-35-22-16-32(17-23-35)38(44)41(4,5)47/h14-25,46-48H,12-13,26-30H2,1-11H3. The lowest BCUT2D eigenvalue weighted by molar-refractivity contribution is 0.0487. The number of Topliss-reactive ketones (excluding diaryl/α,β-unsaturated/α-hetero) is 3. The molecule has 1 fully saturated rings. The molecule has 4 rings (SSSR count). The maximum absolute atomic E-state index is 12.7. The molecule has 324 valence electrons. The molecule has 0 radical (unpaired) electrons. The second-order valence-corrected chi connectivity index (χ2v) is 31.4. The number of aliphatic hydroxyl groups is 3. The maximum Gasteiger partial charge on any atom is 0.356 e. The molecule has 1 heterocycles. The molecule has 4 unspecified atom stereocenters. The summed E-state index contributed by atoms with van der Waals surface area (Å²) in [5.74, 6) is 0.387. The third-order valence-electron chi connectivity index (χ3n) is 9.49. The summed E-state index contributed by atoms with van der Waals surface area (Å²) in [6, 6.07) is 21.1. The van der Waals surface area contributed by atoms with Crippen LogP contribution in [0.3, 0.4) is 0 Å². The van der Waals surface area contributed by atoms with E-state index in [4.69, 9.17) is 30.7 Å². The molecule has 0 spiro atoms. The largest absolute Gasteiger partial charge is 0.494 e. The van der Waals surface area contributed by atoms with E-state index in [-0.39, 0.29) is 18.2 Å². The maximum atomic E-state index is 12.7. The van der Waals surface area contributed by atoms with Crippen LogP contribution < -0.4 is 14.2 Å². The van der Waals surface area contributed by atoms with Gasteiger partial charge in [-0.3, -0.25) is 14.4 Å². The Hall–Kier alpha value is -3.34. The van der Waals surface area contributed by atoms with E-state index in [9.17, 15) is 29.7 Å². The van der Waals surface area contributed by atoms with Crippen LogP contribution in [0.1, 0.15) is 92.4 Å². The summed E-state index contributed by atoms with van der Waals surface area (Å²) in [7, 11) is -12.7. The highest BCUT2D eigenvalue weighted by Gasteiger charge is 2.57. The molecule has 0 aromatic heterocycles. The number of carbonyl (C=O) groups is 3. The topological polar surface area (TPSA) is 177 Å². The first kappa shape index (κ1) is 48.3. The van der Waals surface area contributed by atoms with Crippen molar-refractivity contribution in [1.82, 2.24) is 0 Å². The van der Waals surface area contributed by atoms with Crippen molar-refractivity contribution in [2.45, 2.75) is 116 Å². The van der Waals surface area contributed by atoms with Crippen molar-refractivity contribution in [2.24, 2.45) is 0 Å². The number of hydrogen-bond donors (Lipinski definition) is 3. The summed E-state index contributed by atoms with van der Waals surface area (Å²) in [4.78, 5) is 37.7. The van der Waals surface area contributed by atoms with Gasteiger partial charge in [-0.15, -0.1) is 0 Å². The predicted molar refractivity (Wildman–Crippen MR) is 233 cm³/mol. The minimum Gasteiger partial charge on any atom is -0.494 e. The summed E-state index contributed by atoms with van der Waals surface area (Å²) in [6.07, 6.45) is 1.56. The molecule has 1 saturated heterocycles. The number of carbonyl (C=O) groups excluding carboxylic acids is 3. The highest BCUT2D eigenvalue weighted by molar-refractivity contribution is 6.93. The molecule has 0 bridgehead atoms. The average molecular weight is 887 g/mol. The molecule has 0 amide bonds. The van der Waals surface area contributed by atoms with Gasteiger partial charge in [0.15, 0.2) is 17.3 Å². The van der Waals surface area contributed by atoms with Crippen molar-refractivity contribution in [3.05, 3.63) is 89.5 Å². The smallest absolute Gasteiger partial charge is 0.356 e. The van der Waals surface area contributed by atoms with Gasteiger partial charge in [0.1, 0.15) is 46.5 Å². The van der Waals surface area contributed by atoms with Gasteiger partial charge in [0, 0.05) is 16.7 Å². The monoisotopic (exact) mass is 886 g/mol. The van der Waals surface area contributed by atoms with Gasteiger partial charge in [0.2, 0.25) is 0 Å². The summed E-state index contributed by atoms with van der Waals surface area (Å²) >= 11 is 0. The van der Waals surface area contributed by atoms with Crippen molar-refractivity contribution in [3.8, 4) is 17.2 Å². The van der Waals surface area contributed by atoms with Gasteiger partial charge in [-0.05, 0) is 159 Å². The Bertz CT molecular complexity index is 1910. The van der Waals surface area contributed by atoms with Crippen molar-refractivity contribution in [1.29, 1.82) is 0 Å². The number of ether oxygens (including phenoxy) is 3. The molecule has 3 N–H and O–H groups in total. The molecule has 3 aromatic carbocycles. The second-order valence-electron chi connectivity index (χ2n) is 17.5. The Morgan fingerprint density at radius 3 is 1.10 bits per heavy atom. The van der Waals surface area contributed by atoms with Gasteiger partial charge in [0.25, 0.3) is 0 Å². The zero-order valence-corrected chi connectivity index (χ0v) is 40.3. The zero-order valence-electron chi connectivity index (χ0n) is 36.3. The van der Waals surface area contributed by atoms with Gasteiger partial charge < -0.3 is 46.0 Å².